The van der Waals surface area contributed by atoms with Gasteiger partial charge in [0.1, 0.15) is 5.54 Å². The fourth-order valence-electron chi connectivity index (χ4n) is 3.99. The van der Waals surface area contributed by atoms with Crippen molar-refractivity contribution in [3.63, 3.8) is 0 Å². The van der Waals surface area contributed by atoms with E-state index < -0.39 is 5.54 Å². The lowest BCUT2D eigenvalue weighted by Crippen LogP contribution is -2.68. The van der Waals surface area contributed by atoms with Gasteiger partial charge < -0.3 is 10.2 Å². The van der Waals surface area contributed by atoms with E-state index in [0.29, 0.717) is 13.0 Å². The lowest BCUT2D eigenvalue weighted by atomic mass is 9.84. The number of aryl methyl sites for hydroxylation is 1. The van der Waals surface area contributed by atoms with E-state index in [0.717, 1.165) is 25.7 Å². The van der Waals surface area contributed by atoms with E-state index in [-0.39, 0.29) is 17.9 Å². The Kier molecular flexibility index (Phi) is 5.77. The van der Waals surface area contributed by atoms with Crippen molar-refractivity contribution >= 4 is 11.8 Å². The van der Waals surface area contributed by atoms with Crippen molar-refractivity contribution in [3.8, 4) is 0 Å². The van der Waals surface area contributed by atoms with Crippen LogP contribution in [0.1, 0.15) is 63.9 Å². The van der Waals surface area contributed by atoms with Crippen LogP contribution >= 0.6 is 0 Å². The zero-order valence-corrected chi connectivity index (χ0v) is 15.3. The van der Waals surface area contributed by atoms with Crippen molar-refractivity contribution in [2.24, 2.45) is 0 Å². The second kappa shape index (κ2) is 8.03. The second-order valence-electron chi connectivity index (χ2n) is 7.72. The van der Waals surface area contributed by atoms with Gasteiger partial charge in [-0.2, -0.15) is 0 Å². The van der Waals surface area contributed by atoms with E-state index in [1.165, 1.54) is 31.2 Å². The summed E-state index contributed by atoms with van der Waals surface area (Å²) in [6.07, 6.45) is 9.05. The molecule has 1 heterocycles. The summed E-state index contributed by atoms with van der Waals surface area (Å²) in [5, 5.41) is 3.23. The number of nitrogens with zero attached hydrogens (tertiary/aromatic N) is 1. The molecule has 1 aromatic rings. The molecule has 1 saturated carbocycles. The van der Waals surface area contributed by atoms with E-state index in [9.17, 15) is 9.59 Å². The molecule has 0 aromatic heterocycles. The van der Waals surface area contributed by atoms with E-state index in [4.69, 9.17) is 0 Å². The largest absolute Gasteiger partial charge is 0.351 e. The van der Waals surface area contributed by atoms with Gasteiger partial charge in [-0.25, -0.2) is 0 Å². The van der Waals surface area contributed by atoms with Crippen LogP contribution in [0.4, 0.5) is 0 Å². The zero-order valence-electron chi connectivity index (χ0n) is 15.3. The predicted molar refractivity (Wildman–Crippen MR) is 99.1 cm³/mol. The van der Waals surface area contributed by atoms with Gasteiger partial charge in [0.25, 0.3) is 0 Å². The summed E-state index contributed by atoms with van der Waals surface area (Å²) in [5.41, 5.74) is 0.515. The molecule has 0 spiro atoms. The van der Waals surface area contributed by atoms with Crippen LogP contribution in [0.15, 0.2) is 30.3 Å². The topological polar surface area (TPSA) is 49.4 Å². The SMILES string of the molecule is CC1(C(=O)NC2CCCCCC2)CCN1C(=O)CCc1ccccc1. The first-order valence-corrected chi connectivity index (χ1v) is 9.75. The molecular weight excluding hydrogens is 312 g/mol. The van der Waals surface area contributed by atoms with E-state index in [1.54, 1.807) is 4.90 Å². The van der Waals surface area contributed by atoms with Gasteiger partial charge in [-0.3, -0.25) is 9.59 Å². The summed E-state index contributed by atoms with van der Waals surface area (Å²) in [4.78, 5) is 27.2. The molecule has 25 heavy (non-hydrogen) atoms. The Hall–Kier alpha value is -1.84. The van der Waals surface area contributed by atoms with Gasteiger partial charge in [-0.05, 0) is 38.2 Å². The lowest BCUT2D eigenvalue weighted by Gasteiger charge is -2.49. The predicted octanol–water partition coefficient (Wildman–Crippen LogP) is 3.45. The third-order valence-corrected chi connectivity index (χ3v) is 5.87. The Balaban J connectivity index is 1.53. The monoisotopic (exact) mass is 342 g/mol. The molecule has 1 unspecified atom stereocenters. The Labute approximate surface area is 151 Å². The number of hydrogen-bond donors (Lipinski definition) is 1. The van der Waals surface area contributed by atoms with Crippen molar-refractivity contribution in [1.29, 1.82) is 0 Å². The number of benzene rings is 1. The molecule has 1 saturated heterocycles. The van der Waals surface area contributed by atoms with Gasteiger partial charge in [-0.15, -0.1) is 0 Å². The van der Waals surface area contributed by atoms with Crippen LogP contribution < -0.4 is 5.32 Å². The normalized spacial score (nSPS) is 24.3. The maximum absolute atomic E-state index is 12.8. The highest BCUT2D eigenvalue weighted by Crippen LogP contribution is 2.32. The number of carbonyl (C=O) groups is 2. The van der Waals surface area contributed by atoms with Crippen molar-refractivity contribution in [3.05, 3.63) is 35.9 Å². The Bertz CT molecular complexity index is 593. The van der Waals surface area contributed by atoms with E-state index in [2.05, 4.69) is 5.32 Å². The van der Waals surface area contributed by atoms with Gasteiger partial charge in [0.15, 0.2) is 0 Å². The first-order chi connectivity index (χ1) is 12.1. The number of carbonyl (C=O) groups excluding carboxylic acids is 2. The fourth-order valence-corrected chi connectivity index (χ4v) is 3.99. The highest BCUT2D eigenvalue weighted by Gasteiger charge is 2.49. The summed E-state index contributed by atoms with van der Waals surface area (Å²) >= 11 is 0. The molecule has 136 valence electrons. The number of rotatable bonds is 5. The van der Waals surface area contributed by atoms with Crippen LogP contribution in [0.5, 0.6) is 0 Å². The number of amides is 2. The maximum atomic E-state index is 12.8. The molecule has 0 radical (unpaired) electrons. The lowest BCUT2D eigenvalue weighted by molar-refractivity contribution is -0.157. The van der Waals surface area contributed by atoms with Gasteiger partial charge in [-0.1, -0.05) is 56.0 Å². The summed E-state index contributed by atoms with van der Waals surface area (Å²) in [6, 6.07) is 10.3. The third-order valence-electron chi connectivity index (χ3n) is 5.87. The van der Waals surface area contributed by atoms with Gasteiger partial charge in [0.2, 0.25) is 11.8 Å². The first kappa shape index (κ1) is 18.0. The van der Waals surface area contributed by atoms with Crippen molar-refractivity contribution in [2.45, 2.75) is 76.3 Å². The molecule has 2 amide bonds. The molecule has 4 nitrogen and oxygen atoms in total. The highest BCUT2D eigenvalue weighted by atomic mass is 16.2. The minimum atomic E-state index is -0.653. The molecule has 1 atom stereocenters. The third kappa shape index (κ3) is 4.23. The Morgan fingerprint density at radius 2 is 1.80 bits per heavy atom. The van der Waals surface area contributed by atoms with Crippen LogP contribution in [0.25, 0.3) is 0 Å². The Morgan fingerprint density at radius 3 is 2.40 bits per heavy atom. The molecule has 0 bridgehead atoms. The Morgan fingerprint density at radius 1 is 1.12 bits per heavy atom. The highest BCUT2D eigenvalue weighted by molar-refractivity contribution is 5.93. The molecule has 3 rings (SSSR count). The average Bonchev–Trinajstić information content (AvgIpc) is 2.88. The van der Waals surface area contributed by atoms with Crippen LogP contribution in [0, 0.1) is 0 Å². The molecule has 2 fully saturated rings. The van der Waals surface area contributed by atoms with Crippen LogP contribution in [0.2, 0.25) is 0 Å². The molecule has 4 heteroatoms. The summed E-state index contributed by atoms with van der Waals surface area (Å²) in [6.45, 7) is 2.62. The van der Waals surface area contributed by atoms with Gasteiger partial charge in [0.05, 0.1) is 0 Å². The van der Waals surface area contributed by atoms with Crippen LogP contribution in [-0.2, 0) is 16.0 Å². The summed E-state index contributed by atoms with van der Waals surface area (Å²) in [7, 11) is 0. The smallest absolute Gasteiger partial charge is 0.245 e. The van der Waals surface area contributed by atoms with Crippen molar-refractivity contribution < 1.29 is 9.59 Å². The van der Waals surface area contributed by atoms with Crippen LogP contribution in [0.3, 0.4) is 0 Å². The zero-order chi connectivity index (χ0) is 17.7. The number of nitrogens with one attached hydrogen (secondary N) is 1. The molecule has 2 aliphatic rings. The molecule has 1 aliphatic carbocycles. The van der Waals surface area contributed by atoms with Crippen molar-refractivity contribution in [2.75, 3.05) is 6.54 Å². The second-order valence-corrected chi connectivity index (χ2v) is 7.72. The van der Waals surface area contributed by atoms with Crippen LogP contribution in [-0.4, -0.2) is 34.8 Å². The minimum absolute atomic E-state index is 0.0405. The van der Waals surface area contributed by atoms with Gasteiger partial charge >= 0.3 is 0 Å². The molecular formula is C21H30N2O2. The molecule has 1 aliphatic heterocycles. The first-order valence-electron chi connectivity index (χ1n) is 9.75. The van der Waals surface area contributed by atoms with Gasteiger partial charge in [0, 0.05) is 19.0 Å². The summed E-state index contributed by atoms with van der Waals surface area (Å²) < 4.78 is 0. The fraction of sp³-hybridized carbons (Fsp3) is 0.619. The quantitative estimate of drug-likeness (QED) is 0.833. The number of hydrogen-bond acceptors (Lipinski definition) is 2. The molecule has 1 N–H and O–H groups in total. The average molecular weight is 342 g/mol. The summed E-state index contributed by atoms with van der Waals surface area (Å²) in [5.74, 6) is 0.132. The number of likely N-dealkylation sites (tertiary alicyclic amines) is 1. The van der Waals surface area contributed by atoms with E-state index >= 15 is 0 Å². The van der Waals surface area contributed by atoms with Crippen molar-refractivity contribution in [1.82, 2.24) is 10.2 Å². The standard InChI is InChI=1S/C21H30N2O2/c1-21(20(25)22-18-11-7-2-3-8-12-18)15-16-23(21)19(24)14-13-17-9-5-4-6-10-17/h4-6,9-10,18H,2-3,7-8,11-16H2,1H3,(H,22,25). The van der Waals surface area contributed by atoms with E-state index in [1.807, 2.05) is 37.3 Å². The maximum Gasteiger partial charge on any atom is 0.245 e. The molecule has 1 aromatic carbocycles. The minimum Gasteiger partial charge on any atom is -0.351 e.